The van der Waals surface area contributed by atoms with Gasteiger partial charge in [-0.3, -0.25) is 9.69 Å². The molecule has 0 radical (unpaired) electrons. The Balaban J connectivity index is 1.25. The third kappa shape index (κ3) is 4.36. The van der Waals surface area contributed by atoms with Crippen LogP contribution in [-0.4, -0.2) is 49.2 Å². The Labute approximate surface area is 214 Å². The molecule has 0 aromatic heterocycles. The van der Waals surface area contributed by atoms with E-state index in [-0.39, 0.29) is 35.3 Å². The van der Waals surface area contributed by atoms with Crippen molar-refractivity contribution in [2.75, 3.05) is 24.7 Å². The zero-order valence-electron chi connectivity index (χ0n) is 20.2. The number of piperidine rings is 1. The average Bonchev–Trinajstić information content (AvgIpc) is 3.26. The average molecular weight is 507 g/mol. The fourth-order valence-electron chi connectivity index (χ4n) is 5.58. The van der Waals surface area contributed by atoms with Gasteiger partial charge in [0.15, 0.2) is 0 Å². The number of amides is 3. The quantitative estimate of drug-likeness (QED) is 0.570. The minimum absolute atomic E-state index is 0.0246. The van der Waals surface area contributed by atoms with Gasteiger partial charge in [-0.05, 0) is 68.6 Å². The number of rotatable bonds is 5. The van der Waals surface area contributed by atoms with E-state index < -0.39 is 0 Å². The van der Waals surface area contributed by atoms with Crippen LogP contribution in [0.3, 0.4) is 0 Å². The molecule has 36 heavy (non-hydrogen) atoms. The lowest BCUT2D eigenvalue weighted by Crippen LogP contribution is -2.62. The summed E-state index contributed by atoms with van der Waals surface area (Å²) in [7, 11) is 0. The Morgan fingerprint density at radius 2 is 1.92 bits per heavy atom. The second kappa shape index (κ2) is 9.80. The number of urea groups is 1. The van der Waals surface area contributed by atoms with Crippen LogP contribution in [0.25, 0.3) is 0 Å². The van der Waals surface area contributed by atoms with E-state index in [4.69, 9.17) is 9.47 Å². The van der Waals surface area contributed by atoms with Crippen LogP contribution in [0.5, 0.6) is 11.5 Å². The van der Waals surface area contributed by atoms with E-state index in [1.807, 2.05) is 60.4 Å². The number of nitrogens with zero attached hydrogens (tertiary/aromatic N) is 1. The number of thioether (sulfide) groups is 1. The summed E-state index contributed by atoms with van der Waals surface area (Å²) in [6.45, 7) is 4.12. The highest BCUT2D eigenvalue weighted by Gasteiger charge is 2.52. The molecule has 9 heteroatoms. The highest BCUT2D eigenvalue weighted by molar-refractivity contribution is 8.04. The van der Waals surface area contributed by atoms with E-state index in [0.29, 0.717) is 18.1 Å². The number of aryl methyl sites for hydroxylation is 1. The van der Waals surface area contributed by atoms with E-state index >= 15 is 0 Å². The van der Waals surface area contributed by atoms with Crippen LogP contribution in [-0.2, 0) is 9.53 Å². The second-order valence-corrected chi connectivity index (χ2v) is 10.8. The Bertz CT molecular complexity index is 1200. The van der Waals surface area contributed by atoms with Gasteiger partial charge < -0.3 is 25.4 Å². The molecule has 3 amide bonds. The molecule has 0 bridgehead atoms. The van der Waals surface area contributed by atoms with Crippen molar-refractivity contribution in [3.8, 4) is 11.5 Å². The number of anilines is 1. The van der Waals surface area contributed by atoms with Gasteiger partial charge in [0.25, 0.3) is 5.91 Å². The number of hydrogen-bond acceptors (Lipinski definition) is 6. The molecule has 4 aliphatic rings. The molecule has 188 valence electrons. The van der Waals surface area contributed by atoms with Crippen molar-refractivity contribution in [3.05, 3.63) is 64.7 Å². The number of ether oxygens (including phenoxy) is 2. The fourth-order valence-corrected chi connectivity index (χ4v) is 6.98. The molecule has 3 saturated heterocycles. The first-order valence-corrected chi connectivity index (χ1v) is 13.4. The molecule has 8 nitrogen and oxygen atoms in total. The molecule has 2 aromatic rings. The number of carbonyl (C=O) groups excluding carboxylic acids is 2. The molecule has 6 rings (SSSR count). The summed E-state index contributed by atoms with van der Waals surface area (Å²) < 4.78 is 11.4. The predicted molar refractivity (Wildman–Crippen MR) is 139 cm³/mol. The van der Waals surface area contributed by atoms with Crippen molar-refractivity contribution < 1.29 is 19.1 Å². The van der Waals surface area contributed by atoms with Crippen molar-refractivity contribution in [2.45, 2.75) is 43.6 Å². The molecule has 3 unspecified atom stereocenters. The van der Waals surface area contributed by atoms with E-state index in [0.717, 1.165) is 54.3 Å². The zero-order chi connectivity index (χ0) is 24.6. The summed E-state index contributed by atoms with van der Waals surface area (Å²) in [6, 6.07) is 15.4. The molecular formula is C27H30N4O4S. The minimum atomic E-state index is -0.189. The molecule has 3 fully saturated rings. The van der Waals surface area contributed by atoms with Crippen molar-refractivity contribution >= 4 is 29.4 Å². The first-order chi connectivity index (χ1) is 17.6. The SMILES string of the molecule is Cc1cc(Oc2ccccc2)ccc1N1C(=O)NC2=C(C(=O)NC3CCOCC3)SC3NCCC1C23. The smallest absolute Gasteiger partial charge is 0.326 e. The van der Waals surface area contributed by atoms with E-state index in [2.05, 4.69) is 16.0 Å². The van der Waals surface area contributed by atoms with Gasteiger partial charge in [0, 0.05) is 36.6 Å². The summed E-state index contributed by atoms with van der Waals surface area (Å²) in [6.07, 6.45) is 2.45. The van der Waals surface area contributed by atoms with E-state index in [9.17, 15) is 9.59 Å². The maximum Gasteiger partial charge on any atom is 0.326 e. The molecule has 3 N–H and O–H groups in total. The zero-order valence-corrected chi connectivity index (χ0v) is 21.0. The number of hydrogen-bond donors (Lipinski definition) is 3. The van der Waals surface area contributed by atoms with Gasteiger partial charge in [-0.15, -0.1) is 0 Å². The Morgan fingerprint density at radius 1 is 1.11 bits per heavy atom. The lowest BCUT2D eigenvalue weighted by Gasteiger charge is -2.46. The van der Waals surface area contributed by atoms with E-state index in [1.54, 1.807) is 0 Å². The van der Waals surface area contributed by atoms with Gasteiger partial charge >= 0.3 is 6.03 Å². The number of nitrogens with one attached hydrogen (secondary N) is 3. The lowest BCUT2D eigenvalue weighted by molar-refractivity contribution is -0.118. The van der Waals surface area contributed by atoms with Crippen LogP contribution in [0, 0.1) is 12.8 Å². The summed E-state index contributed by atoms with van der Waals surface area (Å²) in [5.74, 6) is 1.43. The Morgan fingerprint density at radius 3 is 2.69 bits per heavy atom. The van der Waals surface area contributed by atoms with Crippen LogP contribution in [0.4, 0.5) is 10.5 Å². The lowest BCUT2D eigenvalue weighted by atomic mass is 9.86. The summed E-state index contributed by atoms with van der Waals surface area (Å²) in [5, 5.41) is 9.87. The first kappa shape index (κ1) is 23.4. The standard InChI is InChI=1S/C27H30N4O4S/c1-16-15-19(35-18-5-3-2-4-6-18)7-8-20(16)31-21-9-12-28-26-22(21)23(30-27(31)33)24(36-26)25(32)29-17-10-13-34-14-11-17/h2-8,15,17,21-22,26,28H,9-14H2,1H3,(H,29,32)(H,30,33). The minimum Gasteiger partial charge on any atom is -0.457 e. The maximum absolute atomic E-state index is 13.5. The van der Waals surface area contributed by atoms with Crippen LogP contribution in [0.15, 0.2) is 59.1 Å². The van der Waals surface area contributed by atoms with Crippen molar-refractivity contribution in [1.29, 1.82) is 0 Å². The van der Waals surface area contributed by atoms with Crippen LogP contribution in [0.2, 0.25) is 0 Å². The largest absolute Gasteiger partial charge is 0.457 e. The van der Waals surface area contributed by atoms with Gasteiger partial charge in [-0.1, -0.05) is 30.0 Å². The highest BCUT2D eigenvalue weighted by atomic mass is 32.2. The molecule has 4 heterocycles. The summed E-state index contributed by atoms with van der Waals surface area (Å²) >= 11 is 1.54. The van der Waals surface area contributed by atoms with Crippen molar-refractivity contribution in [2.24, 2.45) is 5.92 Å². The summed E-state index contributed by atoms with van der Waals surface area (Å²) in [5.41, 5.74) is 2.58. The third-order valence-electron chi connectivity index (χ3n) is 7.31. The van der Waals surface area contributed by atoms with Crippen molar-refractivity contribution in [3.63, 3.8) is 0 Å². The van der Waals surface area contributed by atoms with Crippen LogP contribution < -0.4 is 25.6 Å². The van der Waals surface area contributed by atoms with Gasteiger partial charge in [-0.2, -0.15) is 0 Å². The predicted octanol–water partition coefficient (Wildman–Crippen LogP) is 3.87. The second-order valence-electron chi connectivity index (χ2n) is 9.64. The van der Waals surface area contributed by atoms with Gasteiger partial charge in [-0.25, -0.2) is 4.79 Å². The van der Waals surface area contributed by atoms with Crippen molar-refractivity contribution in [1.82, 2.24) is 16.0 Å². The molecule has 0 aliphatic carbocycles. The Hall–Kier alpha value is -3.01. The summed E-state index contributed by atoms with van der Waals surface area (Å²) in [4.78, 5) is 29.2. The topological polar surface area (TPSA) is 91.9 Å². The molecule has 0 saturated carbocycles. The van der Waals surface area contributed by atoms with E-state index in [1.165, 1.54) is 11.8 Å². The number of carbonyl (C=O) groups is 2. The number of benzene rings is 2. The van der Waals surface area contributed by atoms with Gasteiger partial charge in [0.2, 0.25) is 0 Å². The molecule has 2 aromatic carbocycles. The van der Waals surface area contributed by atoms with Gasteiger partial charge in [0.1, 0.15) is 11.5 Å². The Kier molecular flexibility index (Phi) is 6.37. The molecule has 4 aliphatic heterocycles. The van der Waals surface area contributed by atoms with Crippen LogP contribution in [0.1, 0.15) is 24.8 Å². The highest BCUT2D eigenvalue weighted by Crippen LogP contribution is 2.48. The fraction of sp³-hybridized carbons (Fsp3) is 0.407. The first-order valence-electron chi connectivity index (χ1n) is 12.5. The maximum atomic E-state index is 13.5. The molecular weight excluding hydrogens is 476 g/mol. The normalized spacial score (nSPS) is 25.9. The molecule has 3 atom stereocenters. The third-order valence-corrected chi connectivity index (χ3v) is 8.67. The van der Waals surface area contributed by atoms with Gasteiger partial charge in [0.05, 0.1) is 16.3 Å². The number of para-hydroxylation sites is 1. The monoisotopic (exact) mass is 506 g/mol. The van der Waals surface area contributed by atoms with Crippen LogP contribution >= 0.6 is 11.8 Å². The molecule has 0 spiro atoms.